The third-order valence-electron chi connectivity index (χ3n) is 5.37. The second-order valence-corrected chi connectivity index (χ2v) is 7.66. The van der Waals surface area contributed by atoms with Crippen LogP contribution in [0.3, 0.4) is 0 Å². The van der Waals surface area contributed by atoms with Crippen LogP contribution in [0.15, 0.2) is 36.4 Å². The Morgan fingerprint density at radius 2 is 1.93 bits per heavy atom. The van der Waals surface area contributed by atoms with E-state index in [0.717, 1.165) is 42.9 Å². The molecule has 0 aromatic heterocycles. The SMILES string of the molecule is CC(C)Oc1ccccc1[C@@H]1CN([C@@H]2CCOc3cc(F)c(F)cc32)CCN1. The number of nitrogens with zero attached hydrogens (tertiary/aromatic N) is 1. The van der Waals surface area contributed by atoms with Crippen LogP contribution >= 0.6 is 0 Å². The molecule has 2 aromatic carbocycles. The summed E-state index contributed by atoms with van der Waals surface area (Å²) in [6.45, 7) is 6.96. The zero-order valence-corrected chi connectivity index (χ0v) is 16.3. The Bertz CT molecular complexity index is 843. The zero-order chi connectivity index (χ0) is 19.7. The van der Waals surface area contributed by atoms with Crippen molar-refractivity contribution in [2.75, 3.05) is 26.2 Å². The minimum absolute atomic E-state index is 0.0154. The van der Waals surface area contributed by atoms with Crippen LogP contribution in [0.5, 0.6) is 11.5 Å². The van der Waals surface area contributed by atoms with E-state index in [4.69, 9.17) is 9.47 Å². The first-order valence-electron chi connectivity index (χ1n) is 9.87. The van der Waals surface area contributed by atoms with Gasteiger partial charge >= 0.3 is 0 Å². The van der Waals surface area contributed by atoms with Gasteiger partial charge in [0.25, 0.3) is 0 Å². The summed E-state index contributed by atoms with van der Waals surface area (Å²) in [7, 11) is 0. The second kappa shape index (κ2) is 8.05. The Morgan fingerprint density at radius 3 is 2.75 bits per heavy atom. The quantitative estimate of drug-likeness (QED) is 0.850. The molecule has 0 amide bonds. The van der Waals surface area contributed by atoms with Gasteiger partial charge in [0.2, 0.25) is 0 Å². The lowest BCUT2D eigenvalue weighted by molar-refractivity contribution is 0.104. The highest BCUT2D eigenvalue weighted by Gasteiger charge is 2.33. The number of hydrogen-bond donors (Lipinski definition) is 1. The first-order valence-corrected chi connectivity index (χ1v) is 9.87. The van der Waals surface area contributed by atoms with Gasteiger partial charge in [-0.25, -0.2) is 8.78 Å². The van der Waals surface area contributed by atoms with Crippen molar-refractivity contribution >= 4 is 0 Å². The van der Waals surface area contributed by atoms with E-state index in [2.05, 4.69) is 16.3 Å². The topological polar surface area (TPSA) is 33.7 Å². The molecule has 2 aliphatic rings. The molecule has 0 spiro atoms. The summed E-state index contributed by atoms with van der Waals surface area (Å²) < 4.78 is 39.1. The lowest BCUT2D eigenvalue weighted by Gasteiger charge is -2.41. The number of nitrogens with one attached hydrogen (secondary N) is 1. The lowest BCUT2D eigenvalue weighted by atomic mass is 9.95. The van der Waals surface area contributed by atoms with Crippen molar-refractivity contribution in [1.82, 2.24) is 10.2 Å². The Balaban J connectivity index is 1.59. The highest BCUT2D eigenvalue weighted by Crippen LogP contribution is 2.39. The van der Waals surface area contributed by atoms with Crippen molar-refractivity contribution in [1.29, 1.82) is 0 Å². The first-order chi connectivity index (χ1) is 13.5. The van der Waals surface area contributed by atoms with Gasteiger partial charge in [-0.2, -0.15) is 0 Å². The molecule has 6 heteroatoms. The molecule has 1 saturated heterocycles. The maximum absolute atomic E-state index is 13.9. The van der Waals surface area contributed by atoms with Gasteiger partial charge in [0, 0.05) is 55.3 Å². The number of ether oxygens (including phenoxy) is 2. The first kappa shape index (κ1) is 19.2. The van der Waals surface area contributed by atoms with Gasteiger partial charge in [-0.15, -0.1) is 0 Å². The van der Waals surface area contributed by atoms with E-state index in [1.807, 2.05) is 32.0 Å². The average molecular weight is 388 g/mol. The number of fused-ring (bicyclic) bond motifs is 1. The summed E-state index contributed by atoms with van der Waals surface area (Å²) in [5.41, 5.74) is 1.86. The van der Waals surface area contributed by atoms with E-state index in [-0.39, 0.29) is 18.2 Å². The number of piperazine rings is 1. The molecule has 0 aliphatic carbocycles. The van der Waals surface area contributed by atoms with Gasteiger partial charge in [-0.05, 0) is 26.0 Å². The standard InChI is InChI=1S/C22H26F2N2O2/c1-14(2)28-21-6-4-3-5-15(21)19-13-26(9-8-25-19)20-7-10-27-22-12-18(24)17(23)11-16(20)22/h3-6,11-12,14,19-20,25H,7-10,13H2,1-2H3/t19-,20+/m0/s1. The van der Waals surface area contributed by atoms with Crippen LogP contribution in [-0.2, 0) is 0 Å². The van der Waals surface area contributed by atoms with E-state index in [9.17, 15) is 8.78 Å². The molecule has 4 nitrogen and oxygen atoms in total. The third-order valence-corrected chi connectivity index (χ3v) is 5.37. The molecule has 2 atom stereocenters. The minimum atomic E-state index is -0.864. The van der Waals surface area contributed by atoms with E-state index in [1.54, 1.807) is 0 Å². The Kier molecular flexibility index (Phi) is 5.51. The van der Waals surface area contributed by atoms with E-state index >= 15 is 0 Å². The molecule has 1 fully saturated rings. The zero-order valence-electron chi connectivity index (χ0n) is 16.3. The number of hydrogen-bond acceptors (Lipinski definition) is 4. The Morgan fingerprint density at radius 1 is 1.14 bits per heavy atom. The highest BCUT2D eigenvalue weighted by molar-refractivity contribution is 5.40. The molecule has 0 unspecified atom stereocenters. The van der Waals surface area contributed by atoms with Crippen molar-refractivity contribution in [2.24, 2.45) is 0 Å². The average Bonchev–Trinajstić information content (AvgIpc) is 2.68. The maximum atomic E-state index is 13.9. The fourth-order valence-corrected chi connectivity index (χ4v) is 4.14. The summed E-state index contributed by atoms with van der Waals surface area (Å²) in [6, 6.07) is 10.7. The largest absolute Gasteiger partial charge is 0.493 e. The lowest BCUT2D eigenvalue weighted by Crippen LogP contribution is -2.48. The van der Waals surface area contributed by atoms with Crippen LogP contribution in [0.4, 0.5) is 8.78 Å². The Hall–Kier alpha value is -2.18. The molecule has 4 rings (SSSR count). The van der Waals surface area contributed by atoms with Crippen molar-refractivity contribution in [3.05, 3.63) is 59.2 Å². The molecule has 2 heterocycles. The smallest absolute Gasteiger partial charge is 0.162 e. The number of halogens is 2. The van der Waals surface area contributed by atoms with Gasteiger partial charge < -0.3 is 14.8 Å². The number of benzene rings is 2. The summed E-state index contributed by atoms with van der Waals surface area (Å²) in [6.07, 6.45) is 0.857. The maximum Gasteiger partial charge on any atom is 0.162 e. The van der Waals surface area contributed by atoms with Gasteiger partial charge in [-0.1, -0.05) is 18.2 Å². The molecule has 0 bridgehead atoms. The van der Waals surface area contributed by atoms with E-state index in [1.165, 1.54) is 12.1 Å². The Labute approximate surface area is 164 Å². The number of para-hydroxylation sites is 1. The highest BCUT2D eigenvalue weighted by atomic mass is 19.2. The van der Waals surface area contributed by atoms with Crippen molar-refractivity contribution in [2.45, 2.75) is 38.5 Å². The number of rotatable bonds is 4. The molecule has 0 saturated carbocycles. The second-order valence-electron chi connectivity index (χ2n) is 7.66. The van der Waals surface area contributed by atoms with Crippen molar-refractivity contribution < 1.29 is 18.3 Å². The van der Waals surface area contributed by atoms with E-state index in [0.29, 0.717) is 12.4 Å². The van der Waals surface area contributed by atoms with Gasteiger partial charge in [-0.3, -0.25) is 4.90 Å². The predicted octanol–water partition coefficient (Wildman–Crippen LogP) is 4.22. The molecule has 150 valence electrons. The fraction of sp³-hybridized carbons (Fsp3) is 0.455. The van der Waals surface area contributed by atoms with Crippen LogP contribution in [-0.4, -0.2) is 37.2 Å². The van der Waals surface area contributed by atoms with Gasteiger partial charge in [0.1, 0.15) is 11.5 Å². The summed E-state index contributed by atoms with van der Waals surface area (Å²) in [5.74, 6) is -0.347. The van der Waals surface area contributed by atoms with E-state index < -0.39 is 11.6 Å². The molecule has 2 aromatic rings. The van der Waals surface area contributed by atoms with Gasteiger partial charge in [0.05, 0.1) is 12.7 Å². The third kappa shape index (κ3) is 3.84. The van der Waals surface area contributed by atoms with Crippen molar-refractivity contribution in [3.8, 4) is 11.5 Å². The summed E-state index contributed by atoms with van der Waals surface area (Å²) in [4.78, 5) is 2.34. The molecule has 2 aliphatic heterocycles. The summed E-state index contributed by atoms with van der Waals surface area (Å²) in [5, 5.41) is 3.58. The minimum Gasteiger partial charge on any atom is -0.493 e. The van der Waals surface area contributed by atoms with Crippen LogP contribution in [0.25, 0.3) is 0 Å². The molecule has 0 radical (unpaired) electrons. The predicted molar refractivity (Wildman–Crippen MR) is 104 cm³/mol. The van der Waals surface area contributed by atoms with Crippen LogP contribution < -0.4 is 14.8 Å². The normalized spacial score (nSPS) is 22.6. The van der Waals surface area contributed by atoms with Crippen LogP contribution in [0.2, 0.25) is 0 Å². The van der Waals surface area contributed by atoms with Crippen LogP contribution in [0, 0.1) is 11.6 Å². The van der Waals surface area contributed by atoms with Crippen LogP contribution in [0.1, 0.15) is 43.5 Å². The molecular weight excluding hydrogens is 362 g/mol. The van der Waals surface area contributed by atoms with Crippen molar-refractivity contribution in [3.63, 3.8) is 0 Å². The summed E-state index contributed by atoms with van der Waals surface area (Å²) >= 11 is 0. The monoisotopic (exact) mass is 388 g/mol. The molecular formula is C22H26F2N2O2. The fourth-order valence-electron chi connectivity index (χ4n) is 4.14. The molecule has 28 heavy (non-hydrogen) atoms. The molecule has 1 N–H and O–H groups in total. The van der Waals surface area contributed by atoms with Gasteiger partial charge in [0.15, 0.2) is 11.6 Å².